The second-order valence-corrected chi connectivity index (χ2v) is 7.70. The highest BCUT2D eigenvalue weighted by molar-refractivity contribution is 5.31. The van der Waals surface area contributed by atoms with Gasteiger partial charge in [0.2, 0.25) is 0 Å². The van der Waals surface area contributed by atoms with Crippen molar-refractivity contribution in [2.24, 2.45) is 0 Å². The Morgan fingerprint density at radius 1 is 0.688 bits per heavy atom. The van der Waals surface area contributed by atoms with Gasteiger partial charge in [-0.3, -0.25) is 0 Å². The predicted molar refractivity (Wildman–Crippen MR) is 117 cm³/mol. The molecular weight excluding hydrogens is 408 g/mol. The van der Waals surface area contributed by atoms with E-state index in [1.54, 1.807) is 0 Å². The molecule has 0 aliphatic carbocycles. The summed E-state index contributed by atoms with van der Waals surface area (Å²) in [6.45, 7) is 1.06. The minimum absolute atomic E-state index is 0.166. The van der Waals surface area contributed by atoms with Crippen molar-refractivity contribution in [2.45, 2.75) is 49.8 Å². The summed E-state index contributed by atoms with van der Waals surface area (Å²) in [6, 6.07) is 19.5. The fraction of sp³-hybridized carbons (Fsp3) is 0.385. The fourth-order valence-electron chi connectivity index (χ4n) is 3.58. The van der Waals surface area contributed by atoms with E-state index in [0.29, 0.717) is 13.2 Å². The monoisotopic (exact) mass is 434 g/mol. The Labute approximate surface area is 188 Å². The molecule has 6 heteroatoms. The van der Waals surface area contributed by atoms with Crippen LogP contribution in [0.2, 0.25) is 0 Å². The van der Waals surface area contributed by atoms with E-state index in [4.69, 9.17) is 18.9 Å². The summed E-state index contributed by atoms with van der Waals surface area (Å²) < 4.78 is 22.8. The Hall–Kier alpha value is -2.68. The van der Waals surface area contributed by atoms with Gasteiger partial charge in [-0.2, -0.15) is 0 Å². The smallest absolute Gasteiger partial charge is 0.148 e. The Bertz CT molecular complexity index is 890. The molecule has 0 spiro atoms. The van der Waals surface area contributed by atoms with E-state index >= 15 is 0 Å². The molecule has 166 valence electrons. The van der Waals surface area contributed by atoms with Crippen LogP contribution in [0.3, 0.4) is 0 Å². The lowest BCUT2D eigenvalue weighted by Gasteiger charge is -2.17. The molecule has 0 aromatic heterocycles. The SMILES string of the molecule is O[C@@H]1CO[C@@H](C#CC#C[C@@H]2OC[C@@H](O)[C@H]2OCc2ccccc2)[C@@H]1OCc1ccccc1. The first-order valence-electron chi connectivity index (χ1n) is 10.6. The molecule has 0 bridgehead atoms. The van der Waals surface area contributed by atoms with E-state index in [1.165, 1.54) is 0 Å². The van der Waals surface area contributed by atoms with Gasteiger partial charge in [-0.15, -0.1) is 0 Å². The van der Waals surface area contributed by atoms with E-state index in [0.717, 1.165) is 11.1 Å². The summed E-state index contributed by atoms with van der Waals surface area (Å²) in [5.74, 6) is 11.4. The molecule has 0 amide bonds. The molecule has 2 saturated heterocycles. The van der Waals surface area contributed by atoms with Crippen LogP contribution in [0.5, 0.6) is 0 Å². The lowest BCUT2D eigenvalue weighted by Crippen LogP contribution is -2.32. The van der Waals surface area contributed by atoms with Gasteiger partial charge in [0.1, 0.15) is 36.6 Å². The lowest BCUT2D eigenvalue weighted by molar-refractivity contribution is -0.0318. The highest BCUT2D eigenvalue weighted by Crippen LogP contribution is 2.20. The van der Waals surface area contributed by atoms with Crippen molar-refractivity contribution in [1.82, 2.24) is 0 Å². The van der Waals surface area contributed by atoms with Gasteiger partial charge >= 0.3 is 0 Å². The van der Waals surface area contributed by atoms with Crippen LogP contribution in [0.1, 0.15) is 11.1 Å². The summed E-state index contributed by atoms with van der Waals surface area (Å²) in [5.41, 5.74) is 2.02. The van der Waals surface area contributed by atoms with Crippen molar-refractivity contribution in [1.29, 1.82) is 0 Å². The third kappa shape index (κ3) is 5.97. The number of rotatable bonds is 6. The molecule has 0 radical (unpaired) electrons. The van der Waals surface area contributed by atoms with Crippen LogP contribution in [0.25, 0.3) is 0 Å². The number of hydrogen-bond acceptors (Lipinski definition) is 6. The summed E-state index contributed by atoms with van der Waals surface area (Å²) in [5, 5.41) is 20.3. The van der Waals surface area contributed by atoms with Gasteiger partial charge in [-0.05, 0) is 23.0 Å². The van der Waals surface area contributed by atoms with Crippen molar-refractivity contribution in [3.63, 3.8) is 0 Å². The van der Waals surface area contributed by atoms with Crippen LogP contribution in [0, 0.1) is 23.7 Å². The van der Waals surface area contributed by atoms with Gasteiger partial charge in [-0.25, -0.2) is 0 Å². The van der Waals surface area contributed by atoms with Gasteiger partial charge < -0.3 is 29.2 Å². The molecule has 2 heterocycles. The molecule has 4 rings (SSSR count). The summed E-state index contributed by atoms with van der Waals surface area (Å²) in [4.78, 5) is 0. The normalized spacial score (nSPS) is 29.1. The Kier molecular flexibility index (Phi) is 7.92. The molecule has 2 aliphatic heterocycles. The highest BCUT2D eigenvalue weighted by Gasteiger charge is 2.37. The summed E-state index contributed by atoms with van der Waals surface area (Å²) >= 11 is 0. The first-order chi connectivity index (χ1) is 15.7. The molecule has 2 aromatic carbocycles. The van der Waals surface area contributed by atoms with Crippen LogP contribution in [0.15, 0.2) is 60.7 Å². The Morgan fingerprint density at radius 2 is 1.09 bits per heavy atom. The molecule has 2 aromatic rings. The van der Waals surface area contributed by atoms with Gasteiger partial charge in [-0.1, -0.05) is 72.5 Å². The van der Waals surface area contributed by atoms with Crippen LogP contribution in [-0.2, 0) is 32.2 Å². The third-order valence-corrected chi connectivity index (χ3v) is 5.31. The van der Waals surface area contributed by atoms with Crippen molar-refractivity contribution < 1.29 is 29.2 Å². The van der Waals surface area contributed by atoms with E-state index in [9.17, 15) is 10.2 Å². The van der Waals surface area contributed by atoms with Gasteiger partial charge in [0, 0.05) is 0 Å². The van der Waals surface area contributed by atoms with Gasteiger partial charge in [0.15, 0.2) is 0 Å². The van der Waals surface area contributed by atoms with Crippen molar-refractivity contribution in [3.8, 4) is 23.7 Å². The molecular formula is C26H26O6. The third-order valence-electron chi connectivity index (χ3n) is 5.31. The summed E-state index contributed by atoms with van der Waals surface area (Å²) in [6.07, 6.45) is -3.71. The first-order valence-corrected chi connectivity index (χ1v) is 10.6. The van der Waals surface area contributed by atoms with Crippen LogP contribution >= 0.6 is 0 Å². The standard InChI is InChI=1S/C26H26O6/c27-21-17-29-23(25(21)31-15-19-9-3-1-4-10-19)13-7-8-14-24-26(22(28)18-30-24)32-16-20-11-5-2-6-12-20/h1-6,9-12,21-28H,15-18H2/t21-,22-,23+,24+,25-,26-/m1/s1. The molecule has 0 unspecified atom stereocenters. The second-order valence-electron chi connectivity index (χ2n) is 7.70. The Balaban J connectivity index is 1.32. The van der Waals surface area contributed by atoms with Gasteiger partial charge in [0.05, 0.1) is 26.4 Å². The molecule has 2 aliphatic rings. The quantitative estimate of drug-likeness (QED) is 0.674. The number of ether oxygens (including phenoxy) is 4. The zero-order valence-electron chi connectivity index (χ0n) is 17.6. The molecule has 2 N–H and O–H groups in total. The van der Waals surface area contributed by atoms with E-state index in [1.807, 2.05) is 60.7 Å². The van der Waals surface area contributed by atoms with Crippen LogP contribution in [-0.4, -0.2) is 60.1 Å². The van der Waals surface area contributed by atoms with Crippen molar-refractivity contribution in [3.05, 3.63) is 71.8 Å². The summed E-state index contributed by atoms with van der Waals surface area (Å²) in [7, 11) is 0. The maximum atomic E-state index is 10.2. The predicted octanol–water partition coefficient (Wildman–Crippen LogP) is 1.68. The fourth-order valence-corrected chi connectivity index (χ4v) is 3.58. The molecule has 6 atom stereocenters. The zero-order chi connectivity index (χ0) is 22.2. The largest absolute Gasteiger partial charge is 0.388 e. The van der Waals surface area contributed by atoms with Crippen molar-refractivity contribution in [2.75, 3.05) is 13.2 Å². The topological polar surface area (TPSA) is 77.4 Å². The molecule has 2 fully saturated rings. The van der Waals surface area contributed by atoms with Gasteiger partial charge in [0.25, 0.3) is 0 Å². The molecule has 6 nitrogen and oxygen atoms in total. The highest BCUT2D eigenvalue weighted by atomic mass is 16.6. The minimum Gasteiger partial charge on any atom is -0.388 e. The van der Waals surface area contributed by atoms with Crippen LogP contribution < -0.4 is 0 Å². The number of hydrogen-bond donors (Lipinski definition) is 2. The second kappa shape index (κ2) is 11.3. The van der Waals surface area contributed by atoms with E-state index in [2.05, 4.69) is 23.7 Å². The molecule has 32 heavy (non-hydrogen) atoms. The van der Waals surface area contributed by atoms with E-state index < -0.39 is 36.6 Å². The zero-order valence-corrected chi connectivity index (χ0v) is 17.6. The number of benzene rings is 2. The van der Waals surface area contributed by atoms with Crippen LogP contribution in [0.4, 0.5) is 0 Å². The minimum atomic E-state index is -0.741. The lowest BCUT2D eigenvalue weighted by atomic mass is 10.1. The maximum absolute atomic E-state index is 10.2. The van der Waals surface area contributed by atoms with Crippen molar-refractivity contribution >= 4 is 0 Å². The first kappa shape index (κ1) is 22.5. The Morgan fingerprint density at radius 3 is 1.50 bits per heavy atom. The molecule has 0 saturated carbocycles. The number of aliphatic hydroxyl groups excluding tert-OH is 2. The number of aliphatic hydroxyl groups is 2. The maximum Gasteiger partial charge on any atom is 0.148 e. The average Bonchev–Trinajstić information content (AvgIpc) is 3.36. The average molecular weight is 434 g/mol. The van der Waals surface area contributed by atoms with E-state index in [-0.39, 0.29) is 13.2 Å².